The van der Waals surface area contributed by atoms with E-state index < -0.39 is 5.41 Å². The van der Waals surface area contributed by atoms with Gasteiger partial charge in [-0.3, -0.25) is 0 Å². The van der Waals surface area contributed by atoms with Gasteiger partial charge < -0.3 is 8.98 Å². The maximum absolute atomic E-state index is 6.82. The maximum Gasteiger partial charge on any atom is 0.164 e. The lowest BCUT2D eigenvalue weighted by atomic mass is 9.70. The quantitative estimate of drug-likeness (QED) is 0.178. The first-order valence-electron chi connectivity index (χ1n) is 21.4. The highest BCUT2D eigenvalue weighted by Crippen LogP contribution is 2.63. The van der Waals surface area contributed by atoms with Crippen LogP contribution in [-0.2, 0) is 5.41 Å². The van der Waals surface area contributed by atoms with Crippen LogP contribution in [0.2, 0.25) is 0 Å². The molecule has 0 aliphatic heterocycles. The molecule has 0 amide bonds. The fourth-order valence-electron chi connectivity index (χ4n) is 10.8. The van der Waals surface area contributed by atoms with Crippen LogP contribution in [0.5, 0.6) is 0 Å². The van der Waals surface area contributed by atoms with E-state index >= 15 is 0 Å². The summed E-state index contributed by atoms with van der Waals surface area (Å²) in [5.41, 5.74) is 17.8. The lowest BCUT2D eigenvalue weighted by Gasteiger charge is -2.30. The molecule has 5 nitrogen and oxygen atoms in total. The summed E-state index contributed by atoms with van der Waals surface area (Å²) in [6, 6.07) is 73.6. The molecule has 5 heteroatoms. The third kappa shape index (κ3) is 4.73. The number of fused-ring (bicyclic) bond motifs is 16. The fourth-order valence-corrected chi connectivity index (χ4v) is 10.8. The second kappa shape index (κ2) is 12.8. The van der Waals surface area contributed by atoms with Crippen LogP contribution in [-0.4, -0.2) is 19.5 Å². The second-order valence-corrected chi connectivity index (χ2v) is 16.7. The Morgan fingerprint density at radius 2 is 0.857 bits per heavy atom. The summed E-state index contributed by atoms with van der Waals surface area (Å²) >= 11 is 0. The number of hydrogen-bond donors (Lipinski definition) is 0. The highest BCUT2D eigenvalue weighted by molar-refractivity contribution is 6.12. The van der Waals surface area contributed by atoms with E-state index in [-0.39, 0.29) is 0 Å². The molecule has 1 spiro atoms. The van der Waals surface area contributed by atoms with Gasteiger partial charge in [0.15, 0.2) is 17.5 Å². The molecule has 3 aromatic heterocycles. The van der Waals surface area contributed by atoms with E-state index in [1.807, 2.05) is 60.7 Å². The number of hydrogen-bond acceptors (Lipinski definition) is 4. The zero-order valence-electron chi connectivity index (χ0n) is 33.8. The van der Waals surface area contributed by atoms with Crippen molar-refractivity contribution in [3.8, 4) is 62.1 Å². The van der Waals surface area contributed by atoms with Crippen molar-refractivity contribution in [3.63, 3.8) is 0 Å². The van der Waals surface area contributed by atoms with E-state index in [1.165, 1.54) is 44.5 Å². The number of aromatic nitrogens is 4. The van der Waals surface area contributed by atoms with Crippen molar-refractivity contribution in [1.29, 1.82) is 0 Å². The summed E-state index contributed by atoms with van der Waals surface area (Å²) in [6.45, 7) is 0. The highest BCUT2D eigenvalue weighted by Gasteiger charge is 2.51. The minimum absolute atomic E-state index is 0.424. The number of rotatable bonds is 4. The molecule has 12 aromatic rings. The van der Waals surface area contributed by atoms with E-state index in [4.69, 9.17) is 19.4 Å². The molecule has 9 aromatic carbocycles. The molecule has 2 aliphatic carbocycles. The fraction of sp³-hybridized carbons (Fsp3) is 0.0172. The van der Waals surface area contributed by atoms with Gasteiger partial charge in [-0.25, -0.2) is 15.0 Å². The van der Waals surface area contributed by atoms with Crippen molar-refractivity contribution in [2.24, 2.45) is 0 Å². The Kier molecular flexibility index (Phi) is 6.97. The molecular weight excluding hydrogens is 769 g/mol. The average molecular weight is 803 g/mol. The minimum atomic E-state index is -0.424. The Labute approximate surface area is 362 Å². The van der Waals surface area contributed by atoms with E-state index in [2.05, 4.69) is 150 Å². The summed E-state index contributed by atoms with van der Waals surface area (Å²) < 4.78 is 9.19. The Morgan fingerprint density at radius 3 is 1.51 bits per heavy atom. The van der Waals surface area contributed by atoms with Crippen molar-refractivity contribution in [3.05, 3.63) is 229 Å². The molecule has 0 radical (unpaired) electrons. The maximum atomic E-state index is 6.82. The standard InChI is InChI=1S/C58H34N4O/c1-3-15-35(16-4-1)55-59-56(36-17-5-2-6-18-36)61-57(60-55)37-27-29-52-44(31-37)42-22-10-14-26-51(42)62(52)38-28-30-53-45(32-38)46-33-43-41-21-9-13-25-49(41)58(50(43)34-54(46)63-53)47-23-11-7-19-39(47)40-20-8-12-24-48(40)58/h1-34H. The van der Waals surface area contributed by atoms with Gasteiger partial charge in [0.2, 0.25) is 0 Å². The van der Waals surface area contributed by atoms with Gasteiger partial charge >= 0.3 is 0 Å². The summed E-state index contributed by atoms with van der Waals surface area (Å²) in [7, 11) is 0. The minimum Gasteiger partial charge on any atom is -0.456 e. The van der Waals surface area contributed by atoms with Gasteiger partial charge in [0.1, 0.15) is 11.2 Å². The van der Waals surface area contributed by atoms with Crippen molar-refractivity contribution in [2.75, 3.05) is 0 Å². The summed E-state index contributed by atoms with van der Waals surface area (Å²) in [5.74, 6) is 1.92. The van der Waals surface area contributed by atoms with Gasteiger partial charge in [0.05, 0.1) is 16.4 Å². The molecule has 0 saturated heterocycles. The van der Waals surface area contributed by atoms with Gasteiger partial charge in [-0.15, -0.1) is 0 Å². The molecule has 63 heavy (non-hydrogen) atoms. The first-order chi connectivity index (χ1) is 31.2. The molecule has 0 N–H and O–H groups in total. The molecule has 14 rings (SSSR count). The topological polar surface area (TPSA) is 56.7 Å². The predicted molar refractivity (Wildman–Crippen MR) is 254 cm³/mol. The first-order valence-corrected chi connectivity index (χ1v) is 21.4. The second-order valence-electron chi connectivity index (χ2n) is 16.7. The largest absolute Gasteiger partial charge is 0.456 e. The number of benzene rings is 9. The first kappa shape index (κ1) is 34.3. The van der Waals surface area contributed by atoms with Gasteiger partial charge in [0.25, 0.3) is 0 Å². The van der Waals surface area contributed by atoms with E-state index in [1.54, 1.807) is 0 Å². The van der Waals surface area contributed by atoms with Gasteiger partial charge in [-0.2, -0.15) is 0 Å². The molecule has 2 aliphatic rings. The third-order valence-corrected chi connectivity index (χ3v) is 13.5. The number of para-hydroxylation sites is 1. The molecule has 3 heterocycles. The molecule has 292 valence electrons. The van der Waals surface area contributed by atoms with Crippen molar-refractivity contribution < 1.29 is 4.42 Å². The Hall–Kier alpha value is -8.41. The number of nitrogens with zero attached hydrogens (tertiary/aromatic N) is 4. The van der Waals surface area contributed by atoms with E-state index in [9.17, 15) is 0 Å². The van der Waals surface area contributed by atoms with Gasteiger partial charge in [-0.1, -0.05) is 152 Å². The Morgan fingerprint density at radius 1 is 0.333 bits per heavy atom. The lowest BCUT2D eigenvalue weighted by molar-refractivity contribution is 0.666. The van der Waals surface area contributed by atoms with Crippen LogP contribution >= 0.6 is 0 Å². The normalized spacial score (nSPS) is 13.2. The molecule has 0 saturated carbocycles. The molecule has 0 bridgehead atoms. The van der Waals surface area contributed by atoms with Crippen LogP contribution in [0.15, 0.2) is 211 Å². The van der Waals surface area contributed by atoms with E-state index in [0.717, 1.165) is 66.1 Å². The third-order valence-electron chi connectivity index (χ3n) is 13.5. The highest BCUT2D eigenvalue weighted by atomic mass is 16.3. The zero-order valence-corrected chi connectivity index (χ0v) is 33.8. The lowest BCUT2D eigenvalue weighted by Crippen LogP contribution is -2.25. The monoisotopic (exact) mass is 802 g/mol. The van der Waals surface area contributed by atoms with Crippen molar-refractivity contribution in [1.82, 2.24) is 19.5 Å². The Bertz CT molecular complexity index is 3760. The van der Waals surface area contributed by atoms with E-state index in [0.29, 0.717) is 17.5 Å². The number of furan rings is 1. The molecule has 0 atom stereocenters. The van der Waals surface area contributed by atoms with Crippen LogP contribution in [0.3, 0.4) is 0 Å². The zero-order chi connectivity index (χ0) is 41.2. The van der Waals surface area contributed by atoms with Crippen LogP contribution < -0.4 is 0 Å². The Balaban J connectivity index is 0.949. The molecule has 0 fully saturated rings. The predicted octanol–water partition coefficient (Wildman–Crippen LogP) is 14.2. The summed E-state index contributed by atoms with van der Waals surface area (Å²) in [6.07, 6.45) is 0. The van der Waals surface area contributed by atoms with Crippen molar-refractivity contribution in [2.45, 2.75) is 5.41 Å². The van der Waals surface area contributed by atoms with Crippen LogP contribution in [0.1, 0.15) is 22.3 Å². The smallest absolute Gasteiger partial charge is 0.164 e. The van der Waals surface area contributed by atoms with Crippen LogP contribution in [0.25, 0.3) is 106 Å². The summed E-state index contributed by atoms with van der Waals surface area (Å²) in [5, 5.41) is 4.48. The summed E-state index contributed by atoms with van der Waals surface area (Å²) in [4.78, 5) is 15.0. The van der Waals surface area contributed by atoms with Gasteiger partial charge in [-0.05, 0) is 99.1 Å². The van der Waals surface area contributed by atoms with Crippen molar-refractivity contribution >= 4 is 43.7 Å². The SMILES string of the molecule is c1ccc(-c2nc(-c3ccccc3)nc(-c3ccc4c(c3)c3ccccc3n4-c3ccc4oc5cc6c(cc5c4c3)-c3ccccc3C63c4ccccc4-c4ccccc43)n2)cc1. The van der Waals surface area contributed by atoms with Crippen LogP contribution in [0, 0.1) is 0 Å². The molecular formula is C58H34N4O. The molecule has 0 unspecified atom stereocenters. The van der Waals surface area contributed by atoms with Crippen LogP contribution in [0.4, 0.5) is 0 Å². The average Bonchev–Trinajstić information content (AvgIpc) is 4.06. The van der Waals surface area contributed by atoms with Gasteiger partial charge in [0, 0.05) is 43.9 Å².